The summed E-state index contributed by atoms with van der Waals surface area (Å²) in [5.41, 5.74) is 6.58. The number of anilines is 2. The Kier molecular flexibility index (Phi) is 3.24. The van der Waals surface area contributed by atoms with Crippen LogP contribution in [-0.2, 0) is 4.74 Å². The molecule has 1 aromatic rings. The molecule has 0 amide bonds. The van der Waals surface area contributed by atoms with E-state index in [9.17, 15) is 0 Å². The lowest BCUT2D eigenvalue weighted by Crippen LogP contribution is -2.45. The first-order valence-electron chi connectivity index (χ1n) is 5.66. The molecule has 16 heavy (non-hydrogen) atoms. The van der Waals surface area contributed by atoms with Gasteiger partial charge in [0.2, 0.25) is 5.95 Å². The van der Waals surface area contributed by atoms with Crippen LogP contribution < -0.4 is 10.6 Å². The Morgan fingerprint density at radius 3 is 3.06 bits per heavy atom. The van der Waals surface area contributed by atoms with Crippen molar-refractivity contribution in [3.05, 3.63) is 11.8 Å². The fourth-order valence-electron chi connectivity index (χ4n) is 2.02. The third-order valence-electron chi connectivity index (χ3n) is 2.85. The van der Waals surface area contributed by atoms with Crippen LogP contribution in [0.1, 0.15) is 19.0 Å². The second-order valence-corrected chi connectivity index (χ2v) is 4.06. The van der Waals surface area contributed by atoms with Crippen molar-refractivity contribution >= 4 is 11.8 Å². The monoisotopic (exact) mass is 222 g/mol. The number of hydrogen-bond donors (Lipinski definition) is 1. The number of nitrogen functional groups attached to an aromatic ring is 1. The van der Waals surface area contributed by atoms with Crippen molar-refractivity contribution in [2.24, 2.45) is 0 Å². The molecule has 2 heterocycles. The topological polar surface area (TPSA) is 64.3 Å². The van der Waals surface area contributed by atoms with E-state index in [0.29, 0.717) is 12.0 Å². The first-order valence-corrected chi connectivity index (χ1v) is 5.66. The SMILES string of the molecule is CCC1COCCN1c1cc(C)nc(N)n1. The molecule has 2 N–H and O–H groups in total. The van der Waals surface area contributed by atoms with E-state index >= 15 is 0 Å². The quantitative estimate of drug-likeness (QED) is 0.808. The van der Waals surface area contributed by atoms with E-state index in [1.165, 1.54) is 0 Å². The van der Waals surface area contributed by atoms with Gasteiger partial charge in [-0.25, -0.2) is 4.98 Å². The van der Waals surface area contributed by atoms with Crippen molar-refractivity contribution in [3.63, 3.8) is 0 Å². The van der Waals surface area contributed by atoms with E-state index in [-0.39, 0.29) is 0 Å². The summed E-state index contributed by atoms with van der Waals surface area (Å²) in [7, 11) is 0. The molecule has 0 aliphatic carbocycles. The highest BCUT2D eigenvalue weighted by atomic mass is 16.5. The number of morpholine rings is 1. The Morgan fingerprint density at radius 2 is 2.38 bits per heavy atom. The molecule has 1 saturated heterocycles. The normalized spacial score (nSPS) is 21.1. The highest BCUT2D eigenvalue weighted by Gasteiger charge is 2.23. The van der Waals surface area contributed by atoms with Gasteiger partial charge in [0.15, 0.2) is 0 Å². The Morgan fingerprint density at radius 1 is 1.56 bits per heavy atom. The van der Waals surface area contributed by atoms with Crippen LogP contribution in [0, 0.1) is 6.92 Å². The molecule has 1 aromatic heterocycles. The molecule has 1 aliphatic rings. The maximum atomic E-state index is 5.67. The summed E-state index contributed by atoms with van der Waals surface area (Å²) in [6.45, 7) is 6.47. The highest BCUT2D eigenvalue weighted by Crippen LogP contribution is 2.20. The van der Waals surface area contributed by atoms with Crippen molar-refractivity contribution in [3.8, 4) is 0 Å². The maximum Gasteiger partial charge on any atom is 0.222 e. The summed E-state index contributed by atoms with van der Waals surface area (Å²) in [6.07, 6.45) is 1.04. The molecule has 1 fully saturated rings. The molecule has 5 nitrogen and oxygen atoms in total. The van der Waals surface area contributed by atoms with Crippen LogP contribution in [0.4, 0.5) is 11.8 Å². The van der Waals surface area contributed by atoms with Crippen LogP contribution in [0.3, 0.4) is 0 Å². The molecule has 1 atom stereocenters. The molecule has 0 aromatic carbocycles. The summed E-state index contributed by atoms with van der Waals surface area (Å²) >= 11 is 0. The standard InChI is InChI=1S/C11H18N4O/c1-3-9-7-16-5-4-15(9)10-6-8(2)13-11(12)14-10/h6,9H,3-5,7H2,1-2H3,(H2,12,13,14). The van der Waals surface area contributed by atoms with Gasteiger partial charge in [-0.3, -0.25) is 0 Å². The summed E-state index contributed by atoms with van der Waals surface area (Å²) in [5.74, 6) is 1.26. The van der Waals surface area contributed by atoms with Crippen LogP contribution >= 0.6 is 0 Å². The fraction of sp³-hybridized carbons (Fsp3) is 0.636. The van der Waals surface area contributed by atoms with E-state index in [0.717, 1.165) is 37.7 Å². The number of hydrogen-bond acceptors (Lipinski definition) is 5. The van der Waals surface area contributed by atoms with Gasteiger partial charge in [0.05, 0.1) is 19.3 Å². The molecule has 5 heteroatoms. The van der Waals surface area contributed by atoms with Gasteiger partial charge in [0.1, 0.15) is 5.82 Å². The summed E-state index contributed by atoms with van der Waals surface area (Å²) in [4.78, 5) is 10.6. The van der Waals surface area contributed by atoms with Gasteiger partial charge in [-0.05, 0) is 13.3 Å². The zero-order chi connectivity index (χ0) is 11.5. The lowest BCUT2D eigenvalue weighted by molar-refractivity contribution is 0.0925. The first-order chi connectivity index (χ1) is 7.70. The van der Waals surface area contributed by atoms with Gasteiger partial charge in [0, 0.05) is 18.3 Å². The Hall–Kier alpha value is -1.36. The van der Waals surface area contributed by atoms with Crippen molar-refractivity contribution in [1.82, 2.24) is 9.97 Å². The van der Waals surface area contributed by atoms with Gasteiger partial charge in [-0.1, -0.05) is 6.92 Å². The Balaban J connectivity index is 2.26. The van der Waals surface area contributed by atoms with E-state index in [1.54, 1.807) is 0 Å². The number of aryl methyl sites for hydroxylation is 1. The minimum Gasteiger partial charge on any atom is -0.377 e. The zero-order valence-electron chi connectivity index (χ0n) is 9.81. The highest BCUT2D eigenvalue weighted by molar-refractivity contribution is 5.44. The summed E-state index contributed by atoms with van der Waals surface area (Å²) in [5, 5.41) is 0. The molecule has 0 radical (unpaired) electrons. The van der Waals surface area contributed by atoms with Gasteiger partial charge in [-0.15, -0.1) is 0 Å². The minimum atomic E-state index is 0.344. The lowest BCUT2D eigenvalue weighted by atomic mass is 10.2. The van der Waals surface area contributed by atoms with Crippen molar-refractivity contribution < 1.29 is 4.74 Å². The van der Waals surface area contributed by atoms with E-state index < -0.39 is 0 Å². The molecule has 0 bridgehead atoms. The predicted molar refractivity (Wildman–Crippen MR) is 63.4 cm³/mol. The van der Waals surface area contributed by atoms with Crippen LogP contribution in [0.25, 0.3) is 0 Å². The third kappa shape index (κ3) is 2.24. The fourth-order valence-corrected chi connectivity index (χ4v) is 2.02. The van der Waals surface area contributed by atoms with Gasteiger partial charge in [-0.2, -0.15) is 4.98 Å². The van der Waals surface area contributed by atoms with Crippen LogP contribution in [0.5, 0.6) is 0 Å². The minimum absolute atomic E-state index is 0.344. The van der Waals surface area contributed by atoms with E-state index in [4.69, 9.17) is 10.5 Å². The zero-order valence-corrected chi connectivity index (χ0v) is 9.81. The number of nitrogens with zero attached hydrogens (tertiary/aromatic N) is 3. The lowest BCUT2D eigenvalue weighted by Gasteiger charge is -2.36. The van der Waals surface area contributed by atoms with Crippen LogP contribution in [-0.4, -0.2) is 35.8 Å². The molecule has 88 valence electrons. The smallest absolute Gasteiger partial charge is 0.222 e. The molecule has 2 rings (SSSR count). The van der Waals surface area contributed by atoms with Crippen molar-refractivity contribution in [2.75, 3.05) is 30.4 Å². The molecule has 1 aliphatic heterocycles. The van der Waals surface area contributed by atoms with Crippen molar-refractivity contribution in [1.29, 1.82) is 0 Å². The Bertz CT molecular complexity index is 349. The van der Waals surface area contributed by atoms with E-state index in [1.807, 2.05) is 13.0 Å². The van der Waals surface area contributed by atoms with Gasteiger partial charge < -0.3 is 15.4 Å². The second kappa shape index (κ2) is 4.65. The first kappa shape index (κ1) is 11.1. The third-order valence-corrected chi connectivity index (χ3v) is 2.85. The van der Waals surface area contributed by atoms with Gasteiger partial charge >= 0.3 is 0 Å². The number of aromatic nitrogens is 2. The molecular formula is C11H18N4O. The van der Waals surface area contributed by atoms with Crippen LogP contribution in [0.15, 0.2) is 6.07 Å². The average Bonchev–Trinajstić information content (AvgIpc) is 2.27. The maximum absolute atomic E-state index is 5.67. The molecule has 1 unspecified atom stereocenters. The number of nitrogens with two attached hydrogens (primary N) is 1. The summed E-state index contributed by atoms with van der Waals surface area (Å²) in [6, 6.07) is 2.37. The molecule has 0 saturated carbocycles. The molecular weight excluding hydrogens is 204 g/mol. The predicted octanol–water partition coefficient (Wildman–Crippen LogP) is 0.982. The number of ether oxygens (including phenoxy) is 1. The largest absolute Gasteiger partial charge is 0.377 e. The Labute approximate surface area is 95.6 Å². The van der Waals surface area contributed by atoms with Gasteiger partial charge in [0.25, 0.3) is 0 Å². The number of rotatable bonds is 2. The van der Waals surface area contributed by atoms with Crippen molar-refractivity contribution in [2.45, 2.75) is 26.3 Å². The second-order valence-electron chi connectivity index (χ2n) is 4.06. The van der Waals surface area contributed by atoms with Crippen LogP contribution in [0.2, 0.25) is 0 Å². The average molecular weight is 222 g/mol. The molecule has 0 spiro atoms. The summed E-state index contributed by atoms with van der Waals surface area (Å²) < 4.78 is 5.47. The van der Waals surface area contributed by atoms with E-state index in [2.05, 4.69) is 21.8 Å².